The largest absolute Gasteiger partial charge is 0.322 e. The lowest BCUT2D eigenvalue weighted by Crippen LogP contribution is -2.38. The van der Waals surface area contributed by atoms with Crippen molar-refractivity contribution in [3.8, 4) is 6.07 Å². The lowest BCUT2D eigenvalue weighted by molar-refractivity contribution is 0.102. The number of carbonyl (C=O) groups is 1. The summed E-state index contributed by atoms with van der Waals surface area (Å²) in [6, 6.07) is 14.2. The summed E-state index contributed by atoms with van der Waals surface area (Å²) in [5.41, 5.74) is 3.28. The van der Waals surface area contributed by atoms with Gasteiger partial charge in [0.1, 0.15) is 0 Å². The van der Waals surface area contributed by atoms with Crippen LogP contribution in [0.25, 0.3) is 0 Å². The highest BCUT2D eigenvalue weighted by Gasteiger charge is 2.27. The van der Waals surface area contributed by atoms with Crippen LogP contribution in [-0.2, 0) is 16.4 Å². The molecule has 7 heteroatoms. The van der Waals surface area contributed by atoms with E-state index in [0.717, 1.165) is 17.5 Å². The monoisotopic (exact) mass is 383 g/mol. The Kier molecular flexibility index (Phi) is 5.47. The summed E-state index contributed by atoms with van der Waals surface area (Å²) in [5.74, 6) is -0.170. The Morgan fingerprint density at radius 1 is 1.19 bits per heavy atom. The van der Waals surface area contributed by atoms with Crippen molar-refractivity contribution in [2.45, 2.75) is 26.2 Å². The number of hydrogen-bond donors (Lipinski definition) is 1. The minimum atomic E-state index is -3.34. The van der Waals surface area contributed by atoms with Gasteiger partial charge < -0.3 is 5.32 Å². The molecule has 2 aromatic rings. The second-order valence-corrected chi connectivity index (χ2v) is 8.60. The van der Waals surface area contributed by atoms with Crippen LogP contribution in [-0.4, -0.2) is 26.6 Å². The second-order valence-electron chi connectivity index (χ2n) is 6.58. The third-order valence-electron chi connectivity index (χ3n) is 4.58. The molecule has 6 nitrogen and oxygen atoms in total. The number of nitrogens with zero attached hydrogens (tertiary/aromatic N) is 2. The normalized spacial score (nSPS) is 15.8. The SMILES string of the molecule is Cc1ccc(C(=O)Nc2ccc(CC#N)cc2)cc1N1CCCCS1(=O)=O. The van der Waals surface area contributed by atoms with Gasteiger partial charge in [-0.1, -0.05) is 18.2 Å². The number of rotatable bonds is 4. The van der Waals surface area contributed by atoms with E-state index in [1.54, 1.807) is 42.5 Å². The molecule has 1 fully saturated rings. The molecule has 0 bridgehead atoms. The number of amides is 1. The molecule has 2 aromatic carbocycles. The minimum absolute atomic E-state index is 0.137. The van der Waals surface area contributed by atoms with Crippen LogP contribution in [0.15, 0.2) is 42.5 Å². The van der Waals surface area contributed by atoms with Crippen molar-refractivity contribution in [2.24, 2.45) is 0 Å². The Morgan fingerprint density at radius 2 is 1.93 bits per heavy atom. The molecule has 0 spiro atoms. The molecule has 1 saturated heterocycles. The topological polar surface area (TPSA) is 90.3 Å². The van der Waals surface area contributed by atoms with E-state index >= 15 is 0 Å². The van der Waals surface area contributed by atoms with E-state index in [2.05, 4.69) is 11.4 Å². The minimum Gasteiger partial charge on any atom is -0.322 e. The molecule has 0 aliphatic carbocycles. The van der Waals surface area contributed by atoms with Gasteiger partial charge in [0.2, 0.25) is 10.0 Å². The van der Waals surface area contributed by atoms with Gasteiger partial charge in [-0.05, 0) is 55.2 Å². The van der Waals surface area contributed by atoms with Gasteiger partial charge >= 0.3 is 0 Å². The highest BCUT2D eigenvalue weighted by molar-refractivity contribution is 7.92. The smallest absolute Gasteiger partial charge is 0.255 e. The lowest BCUT2D eigenvalue weighted by Gasteiger charge is -2.29. The van der Waals surface area contributed by atoms with Gasteiger partial charge in [0.25, 0.3) is 5.91 Å². The van der Waals surface area contributed by atoms with E-state index in [9.17, 15) is 13.2 Å². The van der Waals surface area contributed by atoms with Gasteiger partial charge in [0, 0.05) is 17.8 Å². The molecular weight excluding hydrogens is 362 g/mol. The number of nitrogens with one attached hydrogen (secondary N) is 1. The predicted molar refractivity (Wildman–Crippen MR) is 105 cm³/mol. The highest BCUT2D eigenvalue weighted by Crippen LogP contribution is 2.28. The zero-order valence-corrected chi connectivity index (χ0v) is 15.9. The van der Waals surface area contributed by atoms with Crippen LogP contribution >= 0.6 is 0 Å². The molecule has 140 valence electrons. The standard InChI is InChI=1S/C20H21N3O3S/c1-15-4-7-17(14-19(15)23-12-2-3-13-27(23,25)26)20(24)22-18-8-5-16(6-9-18)10-11-21/h4-9,14H,2-3,10,12-13H2,1H3,(H,22,24). The van der Waals surface area contributed by atoms with Crippen LogP contribution in [0.2, 0.25) is 0 Å². The van der Waals surface area contributed by atoms with Crippen molar-refractivity contribution in [3.05, 3.63) is 59.2 Å². The van der Waals surface area contributed by atoms with E-state index in [4.69, 9.17) is 5.26 Å². The van der Waals surface area contributed by atoms with Gasteiger partial charge in [-0.25, -0.2) is 8.42 Å². The second kappa shape index (κ2) is 7.80. The number of nitriles is 1. The van der Waals surface area contributed by atoms with Gasteiger partial charge in [-0.15, -0.1) is 0 Å². The molecule has 0 radical (unpaired) electrons. The lowest BCUT2D eigenvalue weighted by atomic mass is 10.1. The number of sulfonamides is 1. The molecule has 0 atom stereocenters. The van der Waals surface area contributed by atoms with Crippen molar-refractivity contribution in [3.63, 3.8) is 0 Å². The first-order valence-corrected chi connectivity index (χ1v) is 10.4. The van der Waals surface area contributed by atoms with E-state index < -0.39 is 10.0 Å². The Morgan fingerprint density at radius 3 is 2.59 bits per heavy atom. The number of carbonyl (C=O) groups excluding carboxylic acids is 1. The maximum Gasteiger partial charge on any atom is 0.255 e. The van der Waals surface area contributed by atoms with Gasteiger partial charge in [-0.2, -0.15) is 5.26 Å². The average Bonchev–Trinajstić information content (AvgIpc) is 2.64. The Bertz CT molecular complexity index is 992. The molecule has 0 saturated carbocycles. The molecule has 1 aliphatic rings. The molecule has 0 aromatic heterocycles. The van der Waals surface area contributed by atoms with Crippen molar-refractivity contribution in [2.75, 3.05) is 21.9 Å². The number of anilines is 2. The maximum atomic E-state index is 12.6. The fourth-order valence-electron chi connectivity index (χ4n) is 3.08. The van der Waals surface area contributed by atoms with Crippen LogP contribution in [0.4, 0.5) is 11.4 Å². The highest BCUT2D eigenvalue weighted by atomic mass is 32.2. The quantitative estimate of drug-likeness (QED) is 0.877. The number of aryl methyl sites for hydroxylation is 1. The first kappa shape index (κ1) is 18.9. The van der Waals surface area contributed by atoms with Crippen molar-refractivity contribution >= 4 is 27.3 Å². The van der Waals surface area contributed by atoms with Crippen LogP contribution in [0.3, 0.4) is 0 Å². The van der Waals surface area contributed by atoms with Crippen LogP contribution in [0, 0.1) is 18.3 Å². The molecule has 1 N–H and O–H groups in total. The fraction of sp³-hybridized carbons (Fsp3) is 0.300. The first-order valence-electron chi connectivity index (χ1n) is 8.79. The average molecular weight is 383 g/mol. The summed E-state index contributed by atoms with van der Waals surface area (Å²) in [6.07, 6.45) is 1.80. The van der Waals surface area contributed by atoms with Crippen molar-refractivity contribution < 1.29 is 13.2 Å². The summed E-state index contributed by atoms with van der Waals surface area (Å²) < 4.78 is 26.2. The summed E-state index contributed by atoms with van der Waals surface area (Å²) in [7, 11) is -3.34. The van der Waals surface area contributed by atoms with Crippen LogP contribution in [0.1, 0.15) is 34.3 Å². The maximum absolute atomic E-state index is 12.6. The van der Waals surface area contributed by atoms with Crippen molar-refractivity contribution in [1.82, 2.24) is 0 Å². The van der Waals surface area contributed by atoms with Crippen molar-refractivity contribution in [1.29, 1.82) is 5.26 Å². The summed E-state index contributed by atoms with van der Waals surface area (Å²) in [4.78, 5) is 12.6. The van der Waals surface area contributed by atoms with E-state index in [1.807, 2.05) is 6.92 Å². The van der Waals surface area contributed by atoms with E-state index in [0.29, 0.717) is 36.3 Å². The summed E-state index contributed by atoms with van der Waals surface area (Å²) in [6.45, 7) is 2.28. The third kappa shape index (κ3) is 4.29. The number of hydrogen-bond acceptors (Lipinski definition) is 4. The van der Waals surface area contributed by atoms with E-state index in [-0.39, 0.29) is 11.7 Å². The third-order valence-corrected chi connectivity index (χ3v) is 6.44. The molecule has 0 unspecified atom stereocenters. The molecule has 1 aliphatic heterocycles. The van der Waals surface area contributed by atoms with Gasteiger partial charge in [-0.3, -0.25) is 9.10 Å². The number of benzene rings is 2. The fourth-order valence-corrected chi connectivity index (χ4v) is 4.77. The zero-order valence-electron chi connectivity index (χ0n) is 15.1. The predicted octanol–water partition coefficient (Wildman–Crippen LogP) is 3.24. The Hall–Kier alpha value is -2.85. The first-order chi connectivity index (χ1) is 12.9. The van der Waals surface area contributed by atoms with Crippen LogP contribution < -0.4 is 9.62 Å². The zero-order chi connectivity index (χ0) is 19.4. The van der Waals surface area contributed by atoms with Gasteiger partial charge in [0.15, 0.2) is 0 Å². The van der Waals surface area contributed by atoms with Crippen LogP contribution in [0.5, 0.6) is 0 Å². The molecule has 1 amide bonds. The Balaban J connectivity index is 1.82. The molecule has 1 heterocycles. The summed E-state index contributed by atoms with van der Waals surface area (Å²) in [5, 5.41) is 11.5. The molecular formula is C20H21N3O3S. The summed E-state index contributed by atoms with van der Waals surface area (Å²) >= 11 is 0. The van der Waals surface area contributed by atoms with Gasteiger partial charge in [0.05, 0.1) is 23.9 Å². The van der Waals surface area contributed by atoms with E-state index in [1.165, 1.54) is 4.31 Å². The Labute approximate surface area is 159 Å². The molecule has 27 heavy (non-hydrogen) atoms. The molecule has 3 rings (SSSR count).